The van der Waals surface area contributed by atoms with Crippen molar-refractivity contribution < 1.29 is 23.9 Å². The smallest absolute Gasteiger partial charge is 0.330 e. The SMILES string of the molecule is Cc1cccc(CN2CCc3c(cc(C)c(C(=O)N[C@@H](CNC(=O)NC4CCC5=C4C=CCC5)C(=O)OCc4ccccc4)c3C)C2=O)c1. The Balaban J connectivity index is 1.16. The van der Waals surface area contributed by atoms with E-state index in [2.05, 4.69) is 34.2 Å². The fourth-order valence-corrected chi connectivity index (χ4v) is 7.23. The first-order valence-corrected chi connectivity index (χ1v) is 17.1. The van der Waals surface area contributed by atoms with Crippen LogP contribution in [0.15, 0.2) is 84.0 Å². The molecule has 3 aromatic carbocycles. The van der Waals surface area contributed by atoms with E-state index in [9.17, 15) is 19.2 Å². The van der Waals surface area contributed by atoms with Crippen molar-refractivity contribution in [2.45, 2.75) is 78.1 Å². The summed E-state index contributed by atoms with van der Waals surface area (Å²) in [6.45, 7) is 6.61. The zero-order chi connectivity index (χ0) is 34.5. The molecule has 49 heavy (non-hydrogen) atoms. The minimum Gasteiger partial charge on any atom is -0.459 e. The summed E-state index contributed by atoms with van der Waals surface area (Å²) < 4.78 is 5.60. The van der Waals surface area contributed by atoms with Crippen LogP contribution in [0.3, 0.4) is 0 Å². The van der Waals surface area contributed by atoms with Gasteiger partial charge < -0.3 is 25.6 Å². The molecule has 0 fully saturated rings. The number of ether oxygens (including phenoxy) is 1. The van der Waals surface area contributed by atoms with E-state index in [-0.39, 0.29) is 25.1 Å². The van der Waals surface area contributed by atoms with Crippen molar-refractivity contribution in [1.29, 1.82) is 0 Å². The van der Waals surface area contributed by atoms with Crippen molar-refractivity contribution >= 4 is 23.8 Å². The Bertz CT molecular complexity index is 1830. The Labute approximate surface area is 287 Å². The van der Waals surface area contributed by atoms with Gasteiger partial charge in [0.2, 0.25) is 0 Å². The van der Waals surface area contributed by atoms with Crippen LogP contribution in [0.25, 0.3) is 0 Å². The third kappa shape index (κ3) is 7.77. The zero-order valence-electron chi connectivity index (χ0n) is 28.4. The highest BCUT2D eigenvalue weighted by Gasteiger charge is 2.32. The molecule has 0 aromatic heterocycles. The summed E-state index contributed by atoms with van der Waals surface area (Å²) in [5.41, 5.74) is 8.77. The molecule has 0 bridgehead atoms. The standard InChI is InChI=1S/C40H44N4O5/c1-25-10-9-13-29(20-25)23-44-19-18-31-27(3)36(26(2)21-33(31)38(44)46)37(45)42-35(39(47)49-24-28-11-5-4-6-12-28)22-41-40(48)43-34-17-16-30-14-7-8-15-32(30)34/h4-6,8-13,15,20-21,34-35H,7,14,16-19,22-24H2,1-3H3,(H,42,45)(H2,41,43,48)/t34?,35-/m0/s1. The number of urea groups is 1. The fraction of sp³-hybridized carbons (Fsp3) is 0.350. The molecule has 9 heteroatoms. The van der Waals surface area contributed by atoms with Crippen LogP contribution in [-0.4, -0.2) is 53.9 Å². The van der Waals surface area contributed by atoms with Gasteiger partial charge in [-0.25, -0.2) is 9.59 Å². The van der Waals surface area contributed by atoms with E-state index in [1.54, 1.807) is 13.0 Å². The monoisotopic (exact) mass is 660 g/mol. The fourth-order valence-electron chi connectivity index (χ4n) is 7.23. The number of benzene rings is 3. The molecule has 0 spiro atoms. The van der Waals surface area contributed by atoms with Gasteiger partial charge in [-0.3, -0.25) is 9.59 Å². The highest BCUT2D eigenvalue weighted by molar-refractivity contribution is 6.03. The second kappa shape index (κ2) is 14.9. The predicted octanol–water partition coefficient (Wildman–Crippen LogP) is 5.76. The molecule has 0 saturated heterocycles. The molecule has 9 nitrogen and oxygen atoms in total. The number of amides is 4. The van der Waals surface area contributed by atoms with Crippen LogP contribution >= 0.6 is 0 Å². The van der Waals surface area contributed by atoms with Gasteiger partial charge >= 0.3 is 12.0 Å². The lowest BCUT2D eigenvalue weighted by Gasteiger charge is -2.31. The Morgan fingerprint density at radius 3 is 2.55 bits per heavy atom. The average Bonchev–Trinajstić information content (AvgIpc) is 3.50. The van der Waals surface area contributed by atoms with E-state index < -0.39 is 23.9 Å². The van der Waals surface area contributed by atoms with Crippen LogP contribution in [0.5, 0.6) is 0 Å². The molecule has 2 aliphatic carbocycles. The number of nitrogens with one attached hydrogen (secondary N) is 3. The largest absolute Gasteiger partial charge is 0.459 e. The van der Waals surface area contributed by atoms with E-state index in [4.69, 9.17) is 4.74 Å². The number of hydrogen-bond acceptors (Lipinski definition) is 5. The first-order chi connectivity index (χ1) is 23.7. The van der Waals surface area contributed by atoms with Gasteiger partial charge in [0.15, 0.2) is 0 Å². The van der Waals surface area contributed by atoms with Gasteiger partial charge in [-0.2, -0.15) is 0 Å². The second-order valence-electron chi connectivity index (χ2n) is 13.3. The van der Waals surface area contributed by atoms with Gasteiger partial charge in [0.1, 0.15) is 12.6 Å². The van der Waals surface area contributed by atoms with Crippen molar-refractivity contribution in [1.82, 2.24) is 20.9 Å². The van der Waals surface area contributed by atoms with E-state index >= 15 is 0 Å². The number of aryl methyl sites for hydroxylation is 2. The summed E-state index contributed by atoms with van der Waals surface area (Å²) in [4.78, 5) is 55.8. The minimum absolute atomic E-state index is 0.0294. The van der Waals surface area contributed by atoms with E-state index in [0.29, 0.717) is 41.8 Å². The van der Waals surface area contributed by atoms with Gasteiger partial charge in [-0.1, -0.05) is 77.9 Å². The van der Waals surface area contributed by atoms with Crippen molar-refractivity contribution in [2.24, 2.45) is 0 Å². The lowest BCUT2D eigenvalue weighted by atomic mass is 9.87. The molecule has 0 radical (unpaired) electrons. The highest BCUT2D eigenvalue weighted by atomic mass is 16.5. The van der Waals surface area contributed by atoms with Crippen molar-refractivity contribution in [2.75, 3.05) is 13.1 Å². The molecule has 3 N–H and O–H groups in total. The third-order valence-corrected chi connectivity index (χ3v) is 9.75. The lowest BCUT2D eigenvalue weighted by molar-refractivity contribution is -0.147. The molecule has 1 unspecified atom stereocenters. The maximum atomic E-state index is 13.9. The quantitative estimate of drug-likeness (QED) is 0.239. The van der Waals surface area contributed by atoms with Crippen LogP contribution in [0.2, 0.25) is 0 Å². The molecule has 254 valence electrons. The summed E-state index contributed by atoms with van der Waals surface area (Å²) in [7, 11) is 0. The van der Waals surface area contributed by atoms with Gasteiger partial charge in [0.05, 0.1) is 12.6 Å². The van der Waals surface area contributed by atoms with E-state index in [1.807, 2.05) is 67.3 Å². The van der Waals surface area contributed by atoms with Crippen LogP contribution < -0.4 is 16.0 Å². The molecule has 6 rings (SSSR count). The number of carbonyl (C=O) groups is 4. The average molecular weight is 661 g/mol. The normalized spacial score (nSPS) is 17.2. The molecule has 1 aliphatic heterocycles. The number of fused-ring (bicyclic) bond motifs is 1. The number of nitrogens with zero attached hydrogens (tertiary/aromatic N) is 1. The third-order valence-electron chi connectivity index (χ3n) is 9.75. The van der Waals surface area contributed by atoms with E-state index in [1.165, 1.54) is 11.1 Å². The van der Waals surface area contributed by atoms with Crippen LogP contribution in [0.1, 0.15) is 79.8 Å². The van der Waals surface area contributed by atoms with Crippen LogP contribution in [0, 0.1) is 20.8 Å². The number of hydrogen-bond donors (Lipinski definition) is 3. The highest BCUT2D eigenvalue weighted by Crippen LogP contribution is 2.33. The molecule has 3 aliphatic rings. The molecule has 2 atom stereocenters. The number of esters is 1. The molecular formula is C40H44N4O5. The molecule has 0 saturated carbocycles. The summed E-state index contributed by atoms with van der Waals surface area (Å²) in [5, 5.41) is 8.66. The first kappa shape index (κ1) is 33.7. The van der Waals surface area contributed by atoms with Gasteiger partial charge in [-0.15, -0.1) is 0 Å². The Hall–Kier alpha value is -5.18. The number of carbonyl (C=O) groups excluding carboxylic acids is 4. The lowest BCUT2D eigenvalue weighted by Crippen LogP contribution is -2.52. The van der Waals surface area contributed by atoms with Gasteiger partial charge in [-0.05, 0) is 92.3 Å². The van der Waals surface area contributed by atoms with Crippen LogP contribution in [0.4, 0.5) is 4.79 Å². The van der Waals surface area contributed by atoms with Crippen molar-refractivity contribution in [3.05, 3.63) is 128 Å². The Morgan fingerprint density at radius 1 is 0.959 bits per heavy atom. The number of allylic oxidation sites excluding steroid dienone is 2. The summed E-state index contributed by atoms with van der Waals surface area (Å²) in [5.74, 6) is -1.18. The molecule has 3 aromatic rings. The Morgan fingerprint density at radius 2 is 1.76 bits per heavy atom. The topological polar surface area (TPSA) is 117 Å². The van der Waals surface area contributed by atoms with Crippen molar-refractivity contribution in [3.8, 4) is 0 Å². The maximum Gasteiger partial charge on any atom is 0.330 e. The summed E-state index contributed by atoms with van der Waals surface area (Å²) in [6.07, 6.45) is 8.69. The van der Waals surface area contributed by atoms with E-state index in [0.717, 1.165) is 47.9 Å². The number of rotatable bonds is 10. The molecular weight excluding hydrogens is 616 g/mol. The van der Waals surface area contributed by atoms with Gasteiger partial charge in [0.25, 0.3) is 11.8 Å². The summed E-state index contributed by atoms with van der Waals surface area (Å²) >= 11 is 0. The first-order valence-electron chi connectivity index (χ1n) is 17.1. The van der Waals surface area contributed by atoms with Crippen LogP contribution in [-0.2, 0) is 29.1 Å². The maximum absolute atomic E-state index is 13.9. The zero-order valence-corrected chi connectivity index (χ0v) is 28.4. The van der Waals surface area contributed by atoms with Crippen molar-refractivity contribution in [3.63, 3.8) is 0 Å². The molecule has 4 amide bonds. The Kier molecular flexibility index (Phi) is 10.3. The van der Waals surface area contributed by atoms with Gasteiger partial charge in [0, 0.05) is 24.2 Å². The predicted molar refractivity (Wildman–Crippen MR) is 188 cm³/mol. The minimum atomic E-state index is -1.14. The molecule has 1 heterocycles. The second-order valence-corrected chi connectivity index (χ2v) is 13.3. The summed E-state index contributed by atoms with van der Waals surface area (Å²) in [6, 6.07) is 17.6.